The SMILES string of the molecule is NCCOc1ccc(NC(=O)c2nsc(N)c2Cl)cc1-c1ccn[nH]1. The lowest BCUT2D eigenvalue weighted by Gasteiger charge is -2.12. The van der Waals surface area contributed by atoms with E-state index in [1.807, 2.05) is 0 Å². The summed E-state index contributed by atoms with van der Waals surface area (Å²) in [5.41, 5.74) is 13.3. The van der Waals surface area contributed by atoms with Gasteiger partial charge in [0.2, 0.25) is 0 Å². The summed E-state index contributed by atoms with van der Waals surface area (Å²) in [4.78, 5) is 12.3. The number of rotatable bonds is 6. The first kappa shape index (κ1) is 17.2. The Morgan fingerprint density at radius 2 is 2.24 bits per heavy atom. The van der Waals surface area contributed by atoms with Crippen molar-refractivity contribution in [2.75, 3.05) is 24.2 Å². The molecule has 6 N–H and O–H groups in total. The number of halogens is 1. The Kier molecular flexibility index (Phi) is 5.17. The minimum atomic E-state index is -0.441. The van der Waals surface area contributed by atoms with Crippen LogP contribution in [-0.4, -0.2) is 33.6 Å². The van der Waals surface area contributed by atoms with Crippen LogP contribution < -0.4 is 21.5 Å². The van der Waals surface area contributed by atoms with Crippen molar-refractivity contribution in [1.82, 2.24) is 14.6 Å². The van der Waals surface area contributed by atoms with Crippen LogP contribution in [0, 0.1) is 0 Å². The van der Waals surface area contributed by atoms with Gasteiger partial charge < -0.3 is 21.5 Å². The van der Waals surface area contributed by atoms with Crippen LogP contribution >= 0.6 is 23.1 Å². The van der Waals surface area contributed by atoms with Gasteiger partial charge in [-0.05, 0) is 35.8 Å². The molecule has 0 atom stereocenters. The number of nitrogens with zero attached hydrogens (tertiary/aromatic N) is 2. The molecule has 0 fully saturated rings. The van der Waals surface area contributed by atoms with Crippen LogP contribution in [0.25, 0.3) is 11.3 Å². The molecule has 0 aliphatic carbocycles. The van der Waals surface area contributed by atoms with Crippen LogP contribution in [0.2, 0.25) is 5.02 Å². The number of H-pyrrole nitrogens is 1. The van der Waals surface area contributed by atoms with Gasteiger partial charge in [-0.25, -0.2) is 0 Å². The molecule has 1 aromatic carbocycles. The van der Waals surface area contributed by atoms with Gasteiger partial charge in [-0.3, -0.25) is 9.89 Å². The number of amides is 1. The van der Waals surface area contributed by atoms with E-state index >= 15 is 0 Å². The molecule has 0 aliphatic rings. The third-order valence-electron chi connectivity index (χ3n) is 3.28. The monoisotopic (exact) mass is 378 g/mol. The number of aromatic amines is 1. The van der Waals surface area contributed by atoms with E-state index in [0.29, 0.717) is 29.6 Å². The first-order chi connectivity index (χ1) is 12.1. The van der Waals surface area contributed by atoms with E-state index in [2.05, 4.69) is 19.9 Å². The molecular formula is C15H15ClN6O2S. The molecule has 130 valence electrons. The molecule has 8 nitrogen and oxygen atoms in total. The van der Waals surface area contributed by atoms with Gasteiger partial charge in [-0.2, -0.15) is 9.47 Å². The number of aromatic nitrogens is 3. The Balaban J connectivity index is 1.88. The van der Waals surface area contributed by atoms with Gasteiger partial charge in [0.1, 0.15) is 22.4 Å². The van der Waals surface area contributed by atoms with E-state index in [1.54, 1.807) is 30.5 Å². The third-order valence-corrected chi connectivity index (χ3v) is 4.45. The zero-order valence-electron chi connectivity index (χ0n) is 13.0. The van der Waals surface area contributed by atoms with Crippen LogP contribution in [0.1, 0.15) is 10.5 Å². The second-order valence-electron chi connectivity index (χ2n) is 4.98. The summed E-state index contributed by atoms with van der Waals surface area (Å²) >= 11 is 6.95. The molecule has 25 heavy (non-hydrogen) atoms. The topological polar surface area (TPSA) is 132 Å². The fourth-order valence-corrected chi connectivity index (χ4v) is 2.96. The number of carbonyl (C=O) groups is 1. The highest BCUT2D eigenvalue weighted by molar-refractivity contribution is 7.11. The molecule has 3 aromatic rings. The number of benzene rings is 1. The van der Waals surface area contributed by atoms with Crippen molar-refractivity contribution in [2.45, 2.75) is 0 Å². The van der Waals surface area contributed by atoms with Crippen molar-refractivity contribution in [2.24, 2.45) is 5.73 Å². The molecule has 0 aliphatic heterocycles. The Morgan fingerprint density at radius 1 is 1.40 bits per heavy atom. The summed E-state index contributed by atoms with van der Waals surface area (Å²) in [6.07, 6.45) is 1.63. The maximum atomic E-state index is 12.3. The number of anilines is 2. The normalized spacial score (nSPS) is 10.6. The summed E-state index contributed by atoms with van der Waals surface area (Å²) in [7, 11) is 0. The Morgan fingerprint density at radius 3 is 2.88 bits per heavy atom. The molecule has 0 spiro atoms. The highest BCUT2D eigenvalue weighted by Crippen LogP contribution is 2.32. The van der Waals surface area contributed by atoms with Crippen LogP contribution in [0.4, 0.5) is 10.7 Å². The zero-order valence-corrected chi connectivity index (χ0v) is 14.5. The van der Waals surface area contributed by atoms with Crippen molar-refractivity contribution >= 4 is 39.7 Å². The summed E-state index contributed by atoms with van der Waals surface area (Å²) < 4.78 is 9.60. The smallest absolute Gasteiger partial charge is 0.277 e. The van der Waals surface area contributed by atoms with Crippen LogP contribution in [0.3, 0.4) is 0 Å². The Bertz CT molecular complexity index is 880. The van der Waals surface area contributed by atoms with Crippen molar-refractivity contribution in [1.29, 1.82) is 0 Å². The van der Waals surface area contributed by atoms with Crippen molar-refractivity contribution in [3.8, 4) is 17.0 Å². The van der Waals surface area contributed by atoms with Crippen molar-refractivity contribution in [3.05, 3.63) is 41.2 Å². The molecule has 0 radical (unpaired) electrons. The molecule has 3 rings (SSSR count). The fourth-order valence-electron chi connectivity index (χ4n) is 2.14. The summed E-state index contributed by atoms with van der Waals surface area (Å²) in [6, 6.07) is 7.03. The number of hydrogen-bond donors (Lipinski definition) is 4. The summed E-state index contributed by atoms with van der Waals surface area (Å²) in [5.74, 6) is 0.188. The molecule has 2 heterocycles. The van der Waals surface area contributed by atoms with Crippen LogP contribution in [0.5, 0.6) is 5.75 Å². The van der Waals surface area contributed by atoms with E-state index in [-0.39, 0.29) is 10.7 Å². The molecule has 0 saturated heterocycles. The molecule has 2 aromatic heterocycles. The molecule has 0 saturated carbocycles. The quantitative estimate of drug-likeness (QED) is 0.520. The van der Waals surface area contributed by atoms with E-state index in [4.69, 9.17) is 27.8 Å². The van der Waals surface area contributed by atoms with E-state index in [1.165, 1.54) is 0 Å². The number of nitrogens with two attached hydrogens (primary N) is 2. The lowest BCUT2D eigenvalue weighted by Crippen LogP contribution is -2.13. The van der Waals surface area contributed by atoms with Crippen molar-refractivity contribution in [3.63, 3.8) is 0 Å². The average molecular weight is 379 g/mol. The minimum Gasteiger partial charge on any atom is -0.492 e. The zero-order chi connectivity index (χ0) is 17.8. The number of nitrogens with one attached hydrogen (secondary N) is 2. The predicted molar refractivity (Wildman–Crippen MR) is 98.1 cm³/mol. The van der Waals surface area contributed by atoms with Crippen LogP contribution in [-0.2, 0) is 0 Å². The van der Waals surface area contributed by atoms with E-state index in [0.717, 1.165) is 22.8 Å². The second-order valence-corrected chi connectivity index (χ2v) is 6.16. The largest absolute Gasteiger partial charge is 0.492 e. The highest BCUT2D eigenvalue weighted by atomic mass is 35.5. The lowest BCUT2D eigenvalue weighted by molar-refractivity contribution is 0.102. The number of hydrogen-bond acceptors (Lipinski definition) is 7. The maximum absolute atomic E-state index is 12.3. The highest BCUT2D eigenvalue weighted by Gasteiger charge is 2.18. The lowest BCUT2D eigenvalue weighted by atomic mass is 10.1. The van der Waals surface area contributed by atoms with Gasteiger partial charge in [0.15, 0.2) is 5.69 Å². The Hall–Kier alpha value is -2.62. The van der Waals surface area contributed by atoms with Gasteiger partial charge in [0, 0.05) is 24.0 Å². The van der Waals surface area contributed by atoms with E-state index < -0.39 is 5.91 Å². The summed E-state index contributed by atoms with van der Waals surface area (Å²) in [6.45, 7) is 0.769. The summed E-state index contributed by atoms with van der Waals surface area (Å²) in [5, 5.41) is 10.0. The first-order valence-corrected chi connectivity index (χ1v) is 8.44. The second kappa shape index (κ2) is 7.51. The maximum Gasteiger partial charge on any atom is 0.277 e. The van der Waals surface area contributed by atoms with E-state index in [9.17, 15) is 4.79 Å². The molecule has 1 amide bonds. The van der Waals surface area contributed by atoms with Gasteiger partial charge in [0.05, 0.1) is 5.69 Å². The molecular weight excluding hydrogens is 364 g/mol. The molecule has 10 heteroatoms. The predicted octanol–water partition coefficient (Wildman–Crippen LogP) is 2.36. The van der Waals surface area contributed by atoms with Gasteiger partial charge >= 0.3 is 0 Å². The third kappa shape index (κ3) is 3.73. The standard InChI is InChI=1S/C15H15ClN6O2S/c16-12-13(22-25-14(12)18)15(23)20-8-1-2-11(24-6-4-17)9(7-8)10-3-5-19-21-10/h1-3,5,7H,4,6,17-18H2,(H,19,21)(H,20,23). The van der Waals surface area contributed by atoms with Gasteiger partial charge in [0.25, 0.3) is 5.91 Å². The van der Waals surface area contributed by atoms with Gasteiger partial charge in [-0.15, -0.1) is 0 Å². The number of nitrogen functional groups attached to an aromatic ring is 1. The molecule has 0 bridgehead atoms. The number of carbonyl (C=O) groups excluding carboxylic acids is 1. The Labute approximate surface area is 152 Å². The fraction of sp³-hybridized carbons (Fsp3) is 0.133. The number of ether oxygens (including phenoxy) is 1. The van der Waals surface area contributed by atoms with Gasteiger partial charge in [-0.1, -0.05) is 11.6 Å². The van der Waals surface area contributed by atoms with Crippen LogP contribution in [0.15, 0.2) is 30.5 Å². The molecule has 0 unspecified atom stereocenters. The van der Waals surface area contributed by atoms with Crippen molar-refractivity contribution < 1.29 is 9.53 Å². The minimum absolute atomic E-state index is 0.0933. The average Bonchev–Trinajstić information content (AvgIpc) is 3.25. The first-order valence-electron chi connectivity index (χ1n) is 7.28.